The summed E-state index contributed by atoms with van der Waals surface area (Å²) in [7, 11) is 0. The fourth-order valence-corrected chi connectivity index (χ4v) is 3.51. The van der Waals surface area contributed by atoms with Gasteiger partial charge in [0, 0.05) is 17.8 Å². The van der Waals surface area contributed by atoms with Crippen molar-refractivity contribution in [2.45, 2.75) is 45.2 Å². The summed E-state index contributed by atoms with van der Waals surface area (Å²) in [5.74, 6) is -0.0931. The molecule has 20 heavy (non-hydrogen) atoms. The van der Waals surface area contributed by atoms with Gasteiger partial charge < -0.3 is 10.2 Å². The molecule has 0 saturated carbocycles. The lowest BCUT2D eigenvalue weighted by Crippen LogP contribution is -2.54. The summed E-state index contributed by atoms with van der Waals surface area (Å²) in [5, 5.41) is 2.84. The largest absolute Gasteiger partial charge is 0.342 e. The molecule has 2 heterocycles. The molecule has 110 valence electrons. The lowest BCUT2D eigenvalue weighted by atomic mass is 9.96. The van der Waals surface area contributed by atoms with Crippen molar-refractivity contribution in [1.82, 2.24) is 10.2 Å². The van der Waals surface area contributed by atoms with Crippen molar-refractivity contribution < 1.29 is 9.59 Å². The highest BCUT2D eigenvalue weighted by Gasteiger charge is 2.41. The molecule has 1 aliphatic rings. The van der Waals surface area contributed by atoms with Crippen molar-refractivity contribution in [1.29, 1.82) is 0 Å². The molecule has 2 atom stereocenters. The maximum Gasteiger partial charge on any atom is 0.248 e. The van der Waals surface area contributed by atoms with Gasteiger partial charge in [0.15, 0.2) is 0 Å². The highest BCUT2D eigenvalue weighted by Crippen LogP contribution is 2.32. The summed E-state index contributed by atoms with van der Waals surface area (Å²) in [5.41, 5.74) is -0.817. The average Bonchev–Trinajstić information content (AvgIpc) is 2.80. The first kappa shape index (κ1) is 15.3. The summed E-state index contributed by atoms with van der Waals surface area (Å²) < 4.78 is 0.710. The minimum Gasteiger partial charge on any atom is -0.342 e. The maximum absolute atomic E-state index is 12.7. The average molecular weight is 315 g/mol. The molecule has 0 aromatic carbocycles. The predicted molar refractivity (Wildman–Crippen MR) is 80.9 cm³/mol. The van der Waals surface area contributed by atoms with Gasteiger partial charge in [-0.2, -0.15) is 0 Å². The van der Waals surface area contributed by atoms with Crippen LogP contribution in [0.5, 0.6) is 0 Å². The maximum atomic E-state index is 12.7. The van der Waals surface area contributed by atoms with Crippen molar-refractivity contribution in [3.05, 3.63) is 21.3 Å². The van der Waals surface area contributed by atoms with Crippen LogP contribution in [0, 0.1) is 0 Å². The Hall–Kier alpha value is -1.07. The van der Waals surface area contributed by atoms with E-state index >= 15 is 0 Å². The first-order valence-corrected chi connectivity index (χ1v) is 7.94. The van der Waals surface area contributed by atoms with E-state index in [0.29, 0.717) is 23.7 Å². The van der Waals surface area contributed by atoms with Crippen molar-refractivity contribution in [3.63, 3.8) is 0 Å². The number of hydrogen-bond acceptors (Lipinski definition) is 3. The molecule has 1 N–H and O–H groups in total. The topological polar surface area (TPSA) is 49.4 Å². The fraction of sp³-hybridized carbons (Fsp3) is 0.571. The van der Waals surface area contributed by atoms with E-state index in [1.54, 1.807) is 11.8 Å². The van der Waals surface area contributed by atoms with E-state index in [-0.39, 0.29) is 17.9 Å². The van der Waals surface area contributed by atoms with Gasteiger partial charge in [-0.3, -0.25) is 9.59 Å². The second-order valence-corrected chi connectivity index (χ2v) is 7.05. The molecular formula is C14H19ClN2O2S. The zero-order chi connectivity index (χ0) is 14.9. The molecule has 4 nitrogen and oxygen atoms in total. The smallest absolute Gasteiger partial charge is 0.248 e. The summed E-state index contributed by atoms with van der Waals surface area (Å²) >= 11 is 7.44. The first-order valence-electron chi connectivity index (χ1n) is 6.74. The van der Waals surface area contributed by atoms with Crippen LogP contribution in [-0.4, -0.2) is 28.8 Å². The molecule has 6 heteroatoms. The third-order valence-electron chi connectivity index (χ3n) is 3.91. The Morgan fingerprint density at radius 1 is 1.50 bits per heavy atom. The third-order valence-corrected chi connectivity index (χ3v) is 5.31. The predicted octanol–water partition coefficient (Wildman–Crippen LogP) is 2.98. The molecule has 1 aromatic rings. The van der Waals surface area contributed by atoms with E-state index < -0.39 is 5.54 Å². The number of carbonyl (C=O) groups excluding carboxylic acids is 2. The van der Waals surface area contributed by atoms with Gasteiger partial charge >= 0.3 is 0 Å². The van der Waals surface area contributed by atoms with E-state index in [0.717, 1.165) is 4.88 Å². The number of carbonyl (C=O) groups is 2. The van der Waals surface area contributed by atoms with Crippen LogP contribution in [0.25, 0.3) is 0 Å². The van der Waals surface area contributed by atoms with E-state index in [9.17, 15) is 9.59 Å². The van der Waals surface area contributed by atoms with Gasteiger partial charge in [0.1, 0.15) is 5.54 Å². The Labute approximate surface area is 128 Å². The fourth-order valence-electron chi connectivity index (χ4n) is 2.38. The second kappa shape index (κ2) is 5.74. The number of hydrogen-bond donors (Lipinski definition) is 1. The number of halogens is 1. The Kier molecular flexibility index (Phi) is 4.39. The van der Waals surface area contributed by atoms with Gasteiger partial charge in [-0.15, -0.1) is 11.3 Å². The van der Waals surface area contributed by atoms with Crippen molar-refractivity contribution >= 4 is 34.8 Å². The van der Waals surface area contributed by atoms with Crippen molar-refractivity contribution in [2.24, 2.45) is 0 Å². The molecule has 0 bridgehead atoms. The minimum atomic E-state index is -0.817. The number of nitrogens with zero attached hydrogens (tertiary/aromatic N) is 1. The summed E-state index contributed by atoms with van der Waals surface area (Å²) in [6.07, 6.45) is 0.913. The summed E-state index contributed by atoms with van der Waals surface area (Å²) in [6.45, 7) is 6.12. The van der Waals surface area contributed by atoms with Gasteiger partial charge in [0.05, 0.1) is 10.4 Å². The molecule has 0 radical (unpaired) electrons. The normalized spacial score (nSPS) is 25.3. The molecule has 2 rings (SSSR count). The highest BCUT2D eigenvalue weighted by molar-refractivity contribution is 7.16. The molecule has 0 aliphatic carbocycles. The number of amides is 2. The Morgan fingerprint density at radius 3 is 2.75 bits per heavy atom. The molecule has 0 spiro atoms. The molecule has 1 aromatic heterocycles. The zero-order valence-electron chi connectivity index (χ0n) is 11.9. The van der Waals surface area contributed by atoms with E-state index in [2.05, 4.69) is 5.32 Å². The van der Waals surface area contributed by atoms with Crippen LogP contribution in [-0.2, 0) is 9.59 Å². The van der Waals surface area contributed by atoms with Crippen LogP contribution in [0.4, 0.5) is 0 Å². The van der Waals surface area contributed by atoms with Crippen LogP contribution >= 0.6 is 22.9 Å². The lowest BCUT2D eigenvalue weighted by molar-refractivity contribution is -0.140. The van der Waals surface area contributed by atoms with Crippen molar-refractivity contribution in [3.8, 4) is 0 Å². The molecular weight excluding hydrogens is 296 g/mol. The van der Waals surface area contributed by atoms with E-state index in [1.165, 1.54) is 11.3 Å². The van der Waals surface area contributed by atoms with E-state index in [4.69, 9.17) is 11.6 Å². The summed E-state index contributed by atoms with van der Waals surface area (Å²) in [4.78, 5) is 27.4. The van der Waals surface area contributed by atoms with Gasteiger partial charge in [0.25, 0.3) is 0 Å². The standard InChI is InChI=1S/C14H19ClN2O2S/c1-4-14(3)13(19)17(8-7-12(18)16-14)9(2)10-5-6-11(15)20-10/h5-6,9H,4,7-8H2,1-3H3,(H,16,18). The van der Waals surface area contributed by atoms with Gasteiger partial charge in [0.2, 0.25) is 11.8 Å². The number of rotatable bonds is 3. The Balaban J connectivity index is 2.29. The SMILES string of the molecule is CCC1(C)NC(=O)CCN(C(C)c2ccc(Cl)s2)C1=O. The zero-order valence-corrected chi connectivity index (χ0v) is 13.5. The molecule has 2 amide bonds. The van der Waals surface area contributed by atoms with Crippen LogP contribution in [0.2, 0.25) is 4.34 Å². The van der Waals surface area contributed by atoms with Crippen LogP contribution in [0.3, 0.4) is 0 Å². The quantitative estimate of drug-likeness (QED) is 0.932. The Morgan fingerprint density at radius 2 is 2.20 bits per heavy atom. The second-order valence-electron chi connectivity index (χ2n) is 5.30. The lowest BCUT2D eigenvalue weighted by Gasteiger charge is -2.34. The monoisotopic (exact) mass is 314 g/mol. The molecule has 1 fully saturated rings. The van der Waals surface area contributed by atoms with Crippen LogP contribution in [0.15, 0.2) is 12.1 Å². The molecule has 1 saturated heterocycles. The number of thiophene rings is 1. The third kappa shape index (κ3) is 2.83. The number of nitrogens with one attached hydrogen (secondary N) is 1. The van der Waals surface area contributed by atoms with Crippen molar-refractivity contribution in [2.75, 3.05) is 6.54 Å². The van der Waals surface area contributed by atoms with Crippen LogP contribution in [0.1, 0.15) is 44.5 Å². The minimum absolute atomic E-state index is 0.0251. The first-order chi connectivity index (χ1) is 9.37. The summed E-state index contributed by atoms with van der Waals surface area (Å²) in [6, 6.07) is 3.70. The van der Waals surface area contributed by atoms with Gasteiger partial charge in [-0.1, -0.05) is 18.5 Å². The highest BCUT2D eigenvalue weighted by atomic mass is 35.5. The van der Waals surface area contributed by atoms with E-state index in [1.807, 2.05) is 26.0 Å². The van der Waals surface area contributed by atoms with Gasteiger partial charge in [-0.25, -0.2) is 0 Å². The molecule has 2 unspecified atom stereocenters. The van der Waals surface area contributed by atoms with Crippen LogP contribution < -0.4 is 5.32 Å². The van der Waals surface area contributed by atoms with Gasteiger partial charge in [-0.05, 0) is 32.4 Å². The molecule has 1 aliphatic heterocycles. The Bertz CT molecular complexity index is 531.